The van der Waals surface area contributed by atoms with Crippen molar-refractivity contribution < 1.29 is 0 Å². The molecule has 0 atom stereocenters. The molecule has 2 aromatic rings. The number of rotatable bonds is 2. The minimum Gasteiger partial charge on any atom is -0.316 e. The van der Waals surface area contributed by atoms with E-state index >= 15 is 0 Å². The van der Waals surface area contributed by atoms with E-state index in [1.165, 1.54) is 5.56 Å². The molecule has 1 N–H and O–H groups in total. The molecule has 1 aromatic heterocycles. The van der Waals surface area contributed by atoms with Crippen LogP contribution in [0.1, 0.15) is 5.56 Å². The standard InChI is InChI=1S/C10H12ClN3/c1-12-5-7-3-8-6-13-14(2)10(8)9(11)4-7/h3-4,6,12H,5H2,1-2H3. The summed E-state index contributed by atoms with van der Waals surface area (Å²) in [6.07, 6.45) is 1.83. The molecule has 1 aromatic carbocycles. The zero-order valence-electron chi connectivity index (χ0n) is 8.21. The number of nitrogens with one attached hydrogen (secondary N) is 1. The summed E-state index contributed by atoms with van der Waals surface area (Å²) in [5, 5.41) is 9.11. The lowest BCUT2D eigenvalue weighted by atomic mass is 10.1. The van der Waals surface area contributed by atoms with Gasteiger partial charge in [0.1, 0.15) is 0 Å². The molecule has 0 spiro atoms. The first kappa shape index (κ1) is 9.49. The fourth-order valence-electron chi connectivity index (χ4n) is 1.63. The Morgan fingerprint density at radius 1 is 1.50 bits per heavy atom. The summed E-state index contributed by atoms with van der Waals surface area (Å²) in [4.78, 5) is 0. The van der Waals surface area contributed by atoms with Crippen LogP contribution in [0.15, 0.2) is 18.3 Å². The lowest BCUT2D eigenvalue weighted by Gasteiger charge is -2.03. The average Bonchev–Trinajstić information content (AvgIpc) is 2.48. The van der Waals surface area contributed by atoms with Crippen molar-refractivity contribution in [1.29, 1.82) is 0 Å². The van der Waals surface area contributed by atoms with Crippen molar-refractivity contribution in [2.45, 2.75) is 6.54 Å². The second-order valence-corrected chi connectivity index (χ2v) is 3.72. The molecule has 14 heavy (non-hydrogen) atoms. The molecule has 0 aliphatic rings. The summed E-state index contributed by atoms with van der Waals surface area (Å²) < 4.78 is 1.79. The SMILES string of the molecule is CNCc1cc(Cl)c2c(cnn2C)c1. The summed E-state index contributed by atoms with van der Waals surface area (Å²) in [5.74, 6) is 0. The van der Waals surface area contributed by atoms with Crippen LogP contribution < -0.4 is 5.32 Å². The van der Waals surface area contributed by atoms with Gasteiger partial charge in [-0.05, 0) is 24.7 Å². The first-order chi connectivity index (χ1) is 6.72. The molecule has 74 valence electrons. The van der Waals surface area contributed by atoms with Gasteiger partial charge in [0.15, 0.2) is 0 Å². The van der Waals surface area contributed by atoms with Crippen LogP contribution in [-0.4, -0.2) is 16.8 Å². The number of nitrogens with zero attached hydrogens (tertiary/aromatic N) is 2. The van der Waals surface area contributed by atoms with E-state index in [4.69, 9.17) is 11.6 Å². The van der Waals surface area contributed by atoms with Crippen molar-refractivity contribution in [3.05, 3.63) is 28.9 Å². The van der Waals surface area contributed by atoms with E-state index in [9.17, 15) is 0 Å². The van der Waals surface area contributed by atoms with Crippen LogP contribution in [0.25, 0.3) is 10.9 Å². The third-order valence-electron chi connectivity index (χ3n) is 2.23. The Kier molecular flexibility index (Phi) is 2.44. The zero-order chi connectivity index (χ0) is 10.1. The van der Waals surface area contributed by atoms with E-state index in [-0.39, 0.29) is 0 Å². The fourth-order valence-corrected chi connectivity index (χ4v) is 2.00. The number of aryl methyl sites for hydroxylation is 1. The van der Waals surface area contributed by atoms with Crippen molar-refractivity contribution in [2.75, 3.05) is 7.05 Å². The Morgan fingerprint density at radius 3 is 3.00 bits per heavy atom. The molecule has 0 bridgehead atoms. The topological polar surface area (TPSA) is 29.9 Å². The molecule has 3 nitrogen and oxygen atoms in total. The predicted octanol–water partition coefficient (Wildman–Crippen LogP) is 1.95. The van der Waals surface area contributed by atoms with Gasteiger partial charge < -0.3 is 5.32 Å². The highest BCUT2D eigenvalue weighted by Crippen LogP contribution is 2.24. The number of halogens is 1. The van der Waals surface area contributed by atoms with Gasteiger partial charge >= 0.3 is 0 Å². The Labute approximate surface area is 87.7 Å². The smallest absolute Gasteiger partial charge is 0.0865 e. The predicted molar refractivity (Wildman–Crippen MR) is 58.5 cm³/mol. The van der Waals surface area contributed by atoms with E-state index < -0.39 is 0 Å². The van der Waals surface area contributed by atoms with E-state index in [0.29, 0.717) is 0 Å². The molecule has 0 fully saturated rings. The van der Waals surface area contributed by atoms with Gasteiger partial charge in [-0.25, -0.2) is 0 Å². The van der Waals surface area contributed by atoms with Crippen molar-refractivity contribution in [3.63, 3.8) is 0 Å². The molecular formula is C10H12ClN3. The average molecular weight is 210 g/mol. The third kappa shape index (κ3) is 1.49. The summed E-state index contributed by atoms with van der Waals surface area (Å²) in [5.41, 5.74) is 2.17. The van der Waals surface area contributed by atoms with Crippen LogP contribution in [-0.2, 0) is 13.6 Å². The number of aromatic nitrogens is 2. The van der Waals surface area contributed by atoms with Gasteiger partial charge in [0.05, 0.1) is 16.7 Å². The normalized spacial score (nSPS) is 11.1. The minimum absolute atomic E-state index is 0.757. The molecule has 0 amide bonds. The van der Waals surface area contributed by atoms with Gasteiger partial charge in [-0.15, -0.1) is 0 Å². The van der Waals surface area contributed by atoms with Crippen LogP contribution in [0.5, 0.6) is 0 Å². The molecule has 0 aliphatic heterocycles. The van der Waals surface area contributed by atoms with E-state index in [1.54, 1.807) is 4.68 Å². The molecule has 1 heterocycles. The van der Waals surface area contributed by atoms with Crippen molar-refractivity contribution in [1.82, 2.24) is 15.1 Å². The van der Waals surface area contributed by atoms with Gasteiger partial charge in [-0.2, -0.15) is 5.10 Å². The molecule has 0 saturated carbocycles. The molecular weight excluding hydrogens is 198 g/mol. The molecule has 4 heteroatoms. The first-order valence-electron chi connectivity index (χ1n) is 4.47. The van der Waals surface area contributed by atoms with E-state index in [1.807, 2.05) is 26.4 Å². The Hall–Kier alpha value is -1.06. The second-order valence-electron chi connectivity index (χ2n) is 3.31. The number of hydrogen-bond acceptors (Lipinski definition) is 2. The highest BCUT2D eigenvalue weighted by atomic mass is 35.5. The monoisotopic (exact) mass is 209 g/mol. The van der Waals surface area contributed by atoms with Gasteiger partial charge in [-0.1, -0.05) is 11.6 Å². The molecule has 0 radical (unpaired) electrons. The molecule has 0 unspecified atom stereocenters. The van der Waals surface area contributed by atoms with Gasteiger partial charge in [0.2, 0.25) is 0 Å². The summed E-state index contributed by atoms with van der Waals surface area (Å²) in [6, 6.07) is 4.08. The Bertz CT molecular complexity index is 462. The maximum atomic E-state index is 6.16. The molecule has 2 rings (SSSR count). The number of benzene rings is 1. The Balaban J connectivity index is 2.62. The van der Waals surface area contributed by atoms with Gasteiger partial charge in [0.25, 0.3) is 0 Å². The molecule has 0 aliphatic carbocycles. The zero-order valence-corrected chi connectivity index (χ0v) is 8.97. The van der Waals surface area contributed by atoms with Crippen LogP contribution in [0.2, 0.25) is 5.02 Å². The number of fused-ring (bicyclic) bond motifs is 1. The lowest BCUT2D eigenvalue weighted by molar-refractivity contribution is 0.796. The highest BCUT2D eigenvalue weighted by molar-refractivity contribution is 6.35. The number of hydrogen-bond donors (Lipinski definition) is 1. The molecule has 0 saturated heterocycles. The van der Waals surface area contributed by atoms with Crippen LogP contribution in [0, 0.1) is 0 Å². The van der Waals surface area contributed by atoms with E-state index in [2.05, 4.69) is 16.5 Å². The quantitative estimate of drug-likeness (QED) is 0.820. The minimum atomic E-state index is 0.757. The lowest BCUT2D eigenvalue weighted by Crippen LogP contribution is -2.04. The largest absolute Gasteiger partial charge is 0.316 e. The van der Waals surface area contributed by atoms with Crippen molar-refractivity contribution in [3.8, 4) is 0 Å². The van der Waals surface area contributed by atoms with Crippen molar-refractivity contribution in [2.24, 2.45) is 7.05 Å². The van der Waals surface area contributed by atoms with Gasteiger partial charge in [-0.3, -0.25) is 4.68 Å². The summed E-state index contributed by atoms with van der Waals surface area (Å²) in [7, 11) is 3.81. The maximum absolute atomic E-state index is 6.16. The third-order valence-corrected chi connectivity index (χ3v) is 2.52. The second kappa shape index (κ2) is 3.59. The van der Waals surface area contributed by atoms with Crippen LogP contribution in [0.3, 0.4) is 0 Å². The van der Waals surface area contributed by atoms with E-state index in [0.717, 1.165) is 22.5 Å². The maximum Gasteiger partial charge on any atom is 0.0865 e. The Morgan fingerprint density at radius 2 is 2.29 bits per heavy atom. The summed E-state index contributed by atoms with van der Waals surface area (Å²) in [6.45, 7) is 0.824. The van der Waals surface area contributed by atoms with Crippen LogP contribution in [0.4, 0.5) is 0 Å². The summed E-state index contributed by atoms with van der Waals surface area (Å²) >= 11 is 6.16. The first-order valence-corrected chi connectivity index (χ1v) is 4.85. The highest BCUT2D eigenvalue weighted by Gasteiger charge is 2.05. The van der Waals surface area contributed by atoms with Crippen LogP contribution >= 0.6 is 11.6 Å². The van der Waals surface area contributed by atoms with Crippen molar-refractivity contribution >= 4 is 22.5 Å². The fraction of sp³-hybridized carbons (Fsp3) is 0.300. The van der Waals surface area contributed by atoms with Gasteiger partial charge in [0, 0.05) is 19.0 Å².